The lowest BCUT2D eigenvalue weighted by Gasteiger charge is -2.42. The molecular formula is C26H32N2O7. The predicted molar refractivity (Wildman–Crippen MR) is 130 cm³/mol. The van der Waals surface area contributed by atoms with Gasteiger partial charge in [-0.3, -0.25) is 4.79 Å². The van der Waals surface area contributed by atoms with E-state index in [9.17, 15) is 19.9 Å². The summed E-state index contributed by atoms with van der Waals surface area (Å²) in [7, 11) is 0. The first kappa shape index (κ1) is 26.0. The number of hydrogen-bond acceptors (Lipinski definition) is 8. The number of carboxylic acids is 1. The van der Waals surface area contributed by atoms with Gasteiger partial charge in [0.15, 0.2) is 0 Å². The van der Waals surface area contributed by atoms with Gasteiger partial charge in [0.25, 0.3) is 0 Å². The molecule has 0 aromatic heterocycles. The maximum Gasteiger partial charge on any atom is 0.341 e. The molecule has 35 heavy (non-hydrogen) atoms. The second-order valence-corrected chi connectivity index (χ2v) is 10.1. The Kier molecular flexibility index (Phi) is 7.40. The van der Waals surface area contributed by atoms with Gasteiger partial charge in [0.2, 0.25) is 0 Å². The van der Waals surface area contributed by atoms with Crippen molar-refractivity contribution >= 4 is 17.7 Å². The number of fused-ring (bicyclic) bond motifs is 1. The Balaban J connectivity index is 1.72. The molecule has 0 saturated heterocycles. The molecule has 0 radical (unpaired) electrons. The molecule has 0 saturated carbocycles. The van der Waals surface area contributed by atoms with Crippen LogP contribution in [-0.4, -0.2) is 52.3 Å². The number of carbonyl (C=O) groups excluding carboxylic acids is 1. The lowest BCUT2D eigenvalue weighted by Crippen LogP contribution is -2.35. The van der Waals surface area contributed by atoms with Crippen molar-refractivity contribution in [3.05, 3.63) is 58.7 Å². The third kappa shape index (κ3) is 5.74. The second kappa shape index (κ2) is 9.95. The molecule has 1 atom stereocenters. The number of oxime groups is 1. The second-order valence-electron chi connectivity index (χ2n) is 10.1. The summed E-state index contributed by atoms with van der Waals surface area (Å²) < 4.78 is 10.5. The van der Waals surface area contributed by atoms with E-state index in [4.69, 9.17) is 20.3 Å². The summed E-state index contributed by atoms with van der Waals surface area (Å²) in [6.07, 6.45) is 2.14. The van der Waals surface area contributed by atoms with Crippen LogP contribution in [0.5, 0.6) is 11.5 Å². The summed E-state index contributed by atoms with van der Waals surface area (Å²) in [4.78, 5) is 22.8. The smallest absolute Gasteiger partial charge is 0.341 e. The summed E-state index contributed by atoms with van der Waals surface area (Å²) in [6.45, 7) is 8.28. The molecule has 0 aliphatic heterocycles. The molecule has 1 unspecified atom stereocenters. The van der Waals surface area contributed by atoms with E-state index >= 15 is 0 Å². The van der Waals surface area contributed by atoms with Gasteiger partial charge in [0.1, 0.15) is 42.0 Å². The number of nitrogens with two attached hydrogens (primary N) is 1. The molecule has 9 heteroatoms. The Morgan fingerprint density at radius 2 is 1.71 bits per heavy atom. The summed E-state index contributed by atoms with van der Waals surface area (Å²) >= 11 is 0. The van der Waals surface area contributed by atoms with Crippen LogP contribution in [0, 0.1) is 0 Å². The number of aromatic hydroxyl groups is 1. The molecule has 1 aliphatic rings. The number of phenolic OH excluding ortho intramolecular Hbond substituents is 1. The Morgan fingerprint density at radius 1 is 1.06 bits per heavy atom. The fourth-order valence-corrected chi connectivity index (χ4v) is 4.18. The molecule has 0 fully saturated rings. The van der Waals surface area contributed by atoms with Crippen molar-refractivity contribution < 1.29 is 34.5 Å². The lowest BCUT2D eigenvalue weighted by molar-refractivity contribution is -0.139. The highest BCUT2D eigenvalue weighted by atomic mass is 16.5. The van der Waals surface area contributed by atoms with Crippen LogP contribution in [0.15, 0.2) is 41.6 Å². The molecule has 0 heterocycles. The molecule has 2 aromatic rings. The molecular weight excluding hydrogens is 452 g/mol. The number of benzene rings is 2. The van der Waals surface area contributed by atoms with E-state index in [1.54, 1.807) is 0 Å². The maximum absolute atomic E-state index is 12.1. The molecule has 0 amide bonds. The molecule has 5 N–H and O–H groups in total. The highest BCUT2D eigenvalue weighted by Crippen LogP contribution is 2.46. The van der Waals surface area contributed by atoms with Crippen molar-refractivity contribution in [1.29, 1.82) is 0 Å². The number of ether oxygens (including phenoxy) is 2. The summed E-state index contributed by atoms with van der Waals surface area (Å²) in [5.41, 5.74) is 8.76. The van der Waals surface area contributed by atoms with Crippen LogP contribution < -0.4 is 10.5 Å². The van der Waals surface area contributed by atoms with Gasteiger partial charge in [-0.1, -0.05) is 45.0 Å². The minimum atomic E-state index is -1.36. The van der Waals surface area contributed by atoms with E-state index in [1.165, 1.54) is 29.3 Å². The zero-order valence-corrected chi connectivity index (χ0v) is 20.4. The molecule has 0 bridgehead atoms. The first-order chi connectivity index (χ1) is 16.4. The molecule has 1 aliphatic carbocycles. The first-order valence-corrected chi connectivity index (χ1v) is 11.3. The number of phenols is 1. The Morgan fingerprint density at radius 3 is 2.31 bits per heavy atom. The summed E-state index contributed by atoms with van der Waals surface area (Å²) in [6, 6.07) is 8.64. The summed E-state index contributed by atoms with van der Waals surface area (Å²) in [5, 5.41) is 32.0. The zero-order valence-electron chi connectivity index (χ0n) is 20.4. The number of hydrogen-bond donors (Lipinski definition) is 4. The standard InChI is InChI=1S/C26H32N2O7/c1-25(2)9-10-26(3,4)19-11-15(5-8-18(19)25)21(28-33)14-34-16-6-7-17(22(29)12-16)24(32)35-13-20(27)23(30)31/h5-8,11-12,20,29,33H,9-10,13-14,27H2,1-4H3,(H,30,31)/b28-21-. The van der Waals surface area contributed by atoms with E-state index in [-0.39, 0.29) is 28.7 Å². The van der Waals surface area contributed by atoms with Crippen LogP contribution in [0.2, 0.25) is 0 Å². The Hall–Kier alpha value is -3.59. The number of nitrogens with zero attached hydrogens (tertiary/aromatic N) is 1. The normalized spacial score (nSPS) is 17.2. The van der Waals surface area contributed by atoms with E-state index in [0.717, 1.165) is 18.4 Å². The van der Waals surface area contributed by atoms with Crippen LogP contribution in [-0.2, 0) is 20.4 Å². The number of carboxylic acid groups (broad SMARTS) is 1. The summed E-state index contributed by atoms with van der Waals surface area (Å²) in [5.74, 6) is -2.39. The van der Waals surface area contributed by atoms with Crippen LogP contribution in [0.25, 0.3) is 0 Å². The highest BCUT2D eigenvalue weighted by Gasteiger charge is 2.37. The third-order valence-electron chi connectivity index (χ3n) is 6.58. The van der Waals surface area contributed by atoms with Gasteiger partial charge in [-0.25, -0.2) is 4.79 Å². The van der Waals surface area contributed by atoms with Crippen molar-refractivity contribution in [2.24, 2.45) is 10.9 Å². The topological polar surface area (TPSA) is 152 Å². The van der Waals surface area contributed by atoms with Gasteiger partial charge in [-0.05, 0) is 53.0 Å². The quantitative estimate of drug-likeness (QED) is 0.192. The zero-order chi connectivity index (χ0) is 26.0. The monoisotopic (exact) mass is 484 g/mol. The fourth-order valence-electron chi connectivity index (χ4n) is 4.18. The lowest BCUT2D eigenvalue weighted by atomic mass is 9.63. The van der Waals surface area contributed by atoms with Crippen molar-refractivity contribution in [3.8, 4) is 11.5 Å². The first-order valence-electron chi connectivity index (χ1n) is 11.3. The number of carbonyl (C=O) groups is 2. The van der Waals surface area contributed by atoms with Crippen molar-refractivity contribution in [3.63, 3.8) is 0 Å². The third-order valence-corrected chi connectivity index (χ3v) is 6.58. The number of aliphatic carboxylic acids is 1. The van der Waals surface area contributed by atoms with Crippen LogP contribution in [0.1, 0.15) is 67.6 Å². The van der Waals surface area contributed by atoms with E-state index in [0.29, 0.717) is 5.71 Å². The molecule has 0 spiro atoms. The van der Waals surface area contributed by atoms with Gasteiger partial charge in [-0.2, -0.15) is 0 Å². The van der Waals surface area contributed by atoms with Crippen LogP contribution >= 0.6 is 0 Å². The average Bonchev–Trinajstić information content (AvgIpc) is 2.80. The Bertz CT molecular complexity index is 1150. The van der Waals surface area contributed by atoms with Gasteiger partial charge in [0.05, 0.1) is 0 Å². The molecule has 2 aromatic carbocycles. The SMILES string of the molecule is CC1(C)CCC(C)(C)c2cc(/C(COc3ccc(C(=O)OCC(N)C(=O)O)c(O)c3)=N\O)ccc21. The van der Waals surface area contributed by atoms with Crippen molar-refractivity contribution in [2.45, 2.75) is 57.4 Å². The van der Waals surface area contributed by atoms with E-state index in [2.05, 4.69) is 38.9 Å². The number of esters is 1. The maximum atomic E-state index is 12.1. The van der Waals surface area contributed by atoms with Gasteiger partial charge >= 0.3 is 11.9 Å². The van der Waals surface area contributed by atoms with Gasteiger partial charge < -0.3 is 30.6 Å². The van der Waals surface area contributed by atoms with E-state index in [1.807, 2.05) is 12.1 Å². The van der Waals surface area contributed by atoms with Gasteiger partial charge in [-0.15, -0.1) is 0 Å². The molecule has 9 nitrogen and oxygen atoms in total. The van der Waals surface area contributed by atoms with Crippen molar-refractivity contribution in [1.82, 2.24) is 0 Å². The Labute approximate surface area is 204 Å². The molecule has 188 valence electrons. The minimum Gasteiger partial charge on any atom is -0.507 e. The van der Waals surface area contributed by atoms with Crippen molar-refractivity contribution in [2.75, 3.05) is 13.2 Å². The molecule has 3 rings (SSSR count). The minimum absolute atomic E-state index is 0.00704. The number of rotatable bonds is 8. The average molecular weight is 485 g/mol. The fraction of sp³-hybridized carbons (Fsp3) is 0.423. The van der Waals surface area contributed by atoms with Gasteiger partial charge in [0, 0.05) is 11.6 Å². The van der Waals surface area contributed by atoms with E-state index < -0.39 is 30.3 Å². The van der Waals surface area contributed by atoms with Crippen LogP contribution in [0.4, 0.5) is 0 Å². The predicted octanol–water partition coefficient (Wildman–Crippen LogP) is 3.57. The largest absolute Gasteiger partial charge is 0.507 e. The highest BCUT2D eigenvalue weighted by molar-refractivity contribution is 6.01. The van der Waals surface area contributed by atoms with Crippen LogP contribution in [0.3, 0.4) is 0 Å².